The number of amides is 1. The Morgan fingerprint density at radius 2 is 1.97 bits per heavy atom. The first-order valence-corrected chi connectivity index (χ1v) is 11.3. The largest absolute Gasteiger partial charge is 0.493 e. The monoisotopic (exact) mass is 596 g/mol. The molecule has 0 aliphatic heterocycles. The lowest BCUT2D eigenvalue weighted by Gasteiger charge is -2.14. The van der Waals surface area contributed by atoms with Gasteiger partial charge >= 0.3 is 0 Å². The number of nitriles is 1. The second kappa shape index (κ2) is 11.4. The topological polar surface area (TPSA) is 71.3 Å². The molecule has 0 aliphatic rings. The molecule has 0 bridgehead atoms. The Morgan fingerprint density at radius 1 is 1.18 bits per heavy atom. The van der Waals surface area contributed by atoms with Crippen molar-refractivity contribution >= 4 is 63.5 Å². The SMILES string of the molecule is COc1cc(/C=C(\C#N)C(=O)Nc2ccc(Cl)c(Cl)c2)cc(I)c1OCc1cccc(F)c1. The van der Waals surface area contributed by atoms with E-state index in [2.05, 4.69) is 27.9 Å². The summed E-state index contributed by atoms with van der Waals surface area (Å²) >= 11 is 13.9. The van der Waals surface area contributed by atoms with Gasteiger partial charge in [0, 0.05) is 5.69 Å². The molecule has 0 atom stereocenters. The van der Waals surface area contributed by atoms with Crippen molar-refractivity contribution in [3.63, 3.8) is 0 Å². The Kier molecular flexibility index (Phi) is 8.55. The molecule has 9 heteroatoms. The molecule has 0 unspecified atom stereocenters. The standard InChI is InChI=1S/C24H16Cl2FIN2O3/c1-32-22-10-15(9-21(28)23(22)33-13-14-3-2-4-17(27)8-14)7-16(12-29)24(31)30-18-5-6-19(25)20(26)11-18/h2-11H,13H2,1H3,(H,30,31)/b16-7+. The normalized spacial score (nSPS) is 11.0. The highest BCUT2D eigenvalue weighted by Gasteiger charge is 2.15. The molecule has 168 valence electrons. The molecule has 0 saturated carbocycles. The highest BCUT2D eigenvalue weighted by Crippen LogP contribution is 2.35. The van der Waals surface area contributed by atoms with Crippen LogP contribution in [-0.2, 0) is 11.4 Å². The van der Waals surface area contributed by atoms with Gasteiger partial charge in [0.1, 0.15) is 24.1 Å². The van der Waals surface area contributed by atoms with Crippen LogP contribution in [-0.4, -0.2) is 13.0 Å². The summed E-state index contributed by atoms with van der Waals surface area (Å²) in [4.78, 5) is 12.6. The van der Waals surface area contributed by atoms with Gasteiger partial charge in [-0.25, -0.2) is 4.39 Å². The van der Waals surface area contributed by atoms with E-state index in [0.717, 1.165) is 0 Å². The Bertz CT molecular complexity index is 1280. The maximum Gasteiger partial charge on any atom is 0.266 e. The van der Waals surface area contributed by atoms with E-state index in [1.165, 1.54) is 31.4 Å². The number of ether oxygens (including phenoxy) is 2. The molecular weight excluding hydrogens is 581 g/mol. The Morgan fingerprint density at radius 3 is 2.64 bits per heavy atom. The van der Waals surface area contributed by atoms with E-state index in [1.54, 1.807) is 36.4 Å². The van der Waals surface area contributed by atoms with E-state index in [-0.39, 0.29) is 23.0 Å². The smallest absolute Gasteiger partial charge is 0.266 e. The van der Waals surface area contributed by atoms with Crippen molar-refractivity contribution in [2.45, 2.75) is 6.61 Å². The Balaban J connectivity index is 1.82. The average molecular weight is 597 g/mol. The third-order valence-electron chi connectivity index (χ3n) is 4.38. The number of hydrogen-bond acceptors (Lipinski definition) is 4. The van der Waals surface area contributed by atoms with E-state index >= 15 is 0 Å². The van der Waals surface area contributed by atoms with Gasteiger partial charge in [-0.1, -0.05) is 35.3 Å². The number of halogens is 4. The molecule has 0 radical (unpaired) electrons. The summed E-state index contributed by atoms with van der Waals surface area (Å²) in [6, 6.07) is 16.0. The van der Waals surface area contributed by atoms with E-state index in [4.69, 9.17) is 32.7 Å². The zero-order chi connectivity index (χ0) is 24.0. The lowest BCUT2D eigenvalue weighted by Crippen LogP contribution is -2.13. The van der Waals surface area contributed by atoms with Crippen LogP contribution in [0.3, 0.4) is 0 Å². The van der Waals surface area contributed by atoms with Crippen LogP contribution in [0, 0.1) is 20.7 Å². The molecule has 0 spiro atoms. The molecule has 1 amide bonds. The number of hydrogen-bond donors (Lipinski definition) is 1. The van der Waals surface area contributed by atoms with Gasteiger partial charge in [0.2, 0.25) is 0 Å². The van der Waals surface area contributed by atoms with E-state index < -0.39 is 5.91 Å². The molecule has 0 saturated heterocycles. The fourth-order valence-electron chi connectivity index (χ4n) is 2.83. The second-order valence-corrected chi connectivity index (χ2v) is 8.68. The molecule has 3 aromatic rings. The van der Waals surface area contributed by atoms with Crippen molar-refractivity contribution in [2.75, 3.05) is 12.4 Å². The number of rotatable bonds is 7. The summed E-state index contributed by atoms with van der Waals surface area (Å²) < 4.78 is 25.4. The number of benzene rings is 3. The fraction of sp³-hybridized carbons (Fsp3) is 0.0833. The van der Waals surface area contributed by atoms with Crippen LogP contribution in [0.2, 0.25) is 10.0 Å². The molecule has 0 heterocycles. The second-order valence-electron chi connectivity index (χ2n) is 6.71. The predicted molar refractivity (Wildman–Crippen MR) is 135 cm³/mol. The number of methoxy groups -OCH3 is 1. The van der Waals surface area contributed by atoms with E-state index in [9.17, 15) is 14.4 Å². The summed E-state index contributed by atoms with van der Waals surface area (Å²) in [5.74, 6) is -0.0669. The summed E-state index contributed by atoms with van der Waals surface area (Å²) in [6.07, 6.45) is 1.44. The van der Waals surface area contributed by atoms with Crippen molar-refractivity contribution in [1.82, 2.24) is 0 Å². The van der Waals surface area contributed by atoms with Gasteiger partial charge < -0.3 is 14.8 Å². The minimum atomic E-state index is -0.601. The van der Waals surface area contributed by atoms with Gasteiger partial charge in [-0.05, 0) is 82.3 Å². The third kappa shape index (κ3) is 6.60. The van der Waals surface area contributed by atoms with Crippen LogP contribution < -0.4 is 14.8 Å². The number of anilines is 1. The maximum atomic E-state index is 13.4. The average Bonchev–Trinajstić information content (AvgIpc) is 2.78. The van der Waals surface area contributed by atoms with Crippen molar-refractivity contribution in [1.29, 1.82) is 5.26 Å². The molecule has 5 nitrogen and oxygen atoms in total. The fourth-order valence-corrected chi connectivity index (χ4v) is 3.91. The minimum Gasteiger partial charge on any atom is -0.493 e. The molecule has 1 N–H and O–H groups in total. The predicted octanol–water partition coefficient (Wildman–Crippen LogP) is 6.87. The highest BCUT2D eigenvalue weighted by atomic mass is 127. The Hall–Kier alpha value is -2.80. The van der Waals surface area contributed by atoms with Gasteiger partial charge in [0.15, 0.2) is 11.5 Å². The summed E-state index contributed by atoms with van der Waals surface area (Å²) in [6.45, 7) is 0.148. The third-order valence-corrected chi connectivity index (χ3v) is 5.92. The lowest BCUT2D eigenvalue weighted by molar-refractivity contribution is -0.112. The van der Waals surface area contributed by atoms with Crippen molar-refractivity contribution in [2.24, 2.45) is 0 Å². The quantitative estimate of drug-likeness (QED) is 0.184. The minimum absolute atomic E-state index is 0.118. The van der Waals surface area contributed by atoms with Crippen molar-refractivity contribution in [3.8, 4) is 17.6 Å². The van der Waals surface area contributed by atoms with Gasteiger partial charge in [0.25, 0.3) is 5.91 Å². The van der Waals surface area contributed by atoms with E-state index in [0.29, 0.717) is 36.9 Å². The van der Waals surface area contributed by atoms with Crippen LogP contribution in [0.25, 0.3) is 6.08 Å². The first-order chi connectivity index (χ1) is 15.8. The van der Waals surface area contributed by atoms with Gasteiger partial charge in [-0.3, -0.25) is 4.79 Å². The molecule has 0 aliphatic carbocycles. The summed E-state index contributed by atoms with van der Waals surface area (Å²) in [5.41, 5.74) is 1.52. The van der Waals surface area contributed by atoms with Gasteiger partial charge in [-0.15, -0.1) is 0 Å². The summed E-state index contributed by atoms with van der Waals surface area (Å²) in [7, 11) is 1.48. The molecular formula is C24H16Cl2FIN2O3. The molecule has 33 heavy (non-hydrogen) atoms. The number of carbonyl (C=O) groups excluding carboxylic acids is 1. The van der Waals surface area contributed by atoms with Crippen LogP contribution >= 0.6 is 45.8 Å². The highest BCUT2D eigenvalue weighted by molar-refractivity contribution is 14.1. The Labute approximate surface area is 213 Å². The van der Waals surface area contributed by atoms with Gasteiger partial charge in [-0.2, -0.15) is 5.26 Å². The summed E-state index contributed by atoms with van der Waals surface area (Å²) in [5, 5.41) is 12.8. The van der Waals surface area contributed by atoms with Crippen LogP contribution in [0.1, 0.15) is 11.1 Å². The molecule has 0 fully saturated rings. The lowest BCUT2D eigenvalue weighted by atomic mass is 10.1. The van der Waals surface area contributed by atoms with Gasteiger partial charge in [0.05, 0.1) is 20.7 Å². The number of carbonyl (C=O) groups is 1. The van der Waals surface area contributed by atoms with E-state index in [1.807, 2.05) is 6.07 Å². The zero-order valence-electron chi connectivity index (χ0n) is 17.2. The number of nitrogens with one attached hydrogen (secondary N) is 1. The van der Waals surface area contributed by atoms with Crippen LogP contribution in [0.15, 0.2) is 60.2 Å². The van der Waals surface area contributed by atoms with Crippen LogP contribution in [0.5, 0.6) is 11.5 Å². The molecule has 3 aromatic carbocycles. The number of nitrogens with zero attached hydrogens (tertiary/aromatic N) is 1. The molecule has 0 aromatic heterocycles. The zero-order valence-corrected chi connectivity index (χ0v) is 20.8. The molecule has 3 rings (SSSR count). The van der Waals surface area contributed by atoms with Crippen molar-refractivity contribution in [3.05, 3.63) is 90.7 Å². The first kappa shape index (κ1) is 24.8. The van der Waals surface area contributed by atoms with Crippen LogP contribution in [0.4, 0.5) is 10.1 Å². The first-order valence-electron chi connectivity index (χ1n) is 9.43. The maximum absolute atomic E-state index is 13.4. The van der Waals surface area contributed by atoms with Crippen molar-refractivity contribution < 1.29 is 18.7 Å².